The van der Waals surface area contributed by atoms with Gasteiger partial charge in [-0.25, -0.2) is 4.39 Å². The Bertz CT molecular complexity index is 661. The number of carbonyl (C=O) groups excluding carboxylic acids is 1. The Balaban J connectivity index is 1.82. The zero-order chi connectivity index (χ0) is 14.3. The molecule has 0 aliphatic heterocycles. The van der Waals surface area contributed by atoms with E-state index in [0.717, 1.165) is 24.6 Å². The van der Waals surface area contributed by atoms with Crippen molar-refractivity contribution in [3.63, 3.8) is 0 Å². The van der Waals surface area contributed by atoms with E-state index in [-0.39, 0.29) is 16.4 Å². The van der Waals surface area contributed by atoms with Crippen LogP contribution in [0.4, 0.5) is 15.8 Å². The topological polar surface area (TPSA) is 83.8 Å². The van der Waals surface area contributed by atoms with Gasteiger partial charge in [0.15, 0.2) is 5.69 Å². The maximum absolute atomic E-state index is 13.2. The molecule has 2 aromatic rings. The minimum atomic E-state index is -0.526. The lowest BCUT2D eigenvalue weighted by atomic mass is 10.2. The van der Waals surface area contributed by atoms with E-state index in [4.69, 9.17) is 17.3 Å². The molecule has 1 saturated carbocycles. The highest BCUT2D eigenvalue weighted by Gasteiger charge is 2.30. The van der Waals surface area contributed by atoms with Gasteiger partial charge < -0.3 is 11.1 Å². The summed E-state index contributed by atoms with van der Waals surface area (Å²) in [7, 11) is 0. The van der Waals surface area contributed by atoms with Crippen LogP contribution in [0.25, 0.3) is 0 Å². The summed E-state index contributed by atoms with van der Waals surface area (Å²) in [6.45, 7) is 0. The Morgan fingerprint density at radius 2 is 2.20 bits per heavy atom. The largest absolute Gasteiger partial charge is 0.395 e. The molecule has 1 aromatic heterocycles. The highest BCUT2D eigenvalue weighted by atomic mass is 35.5. The average Bonchev–Trinajstić information content (AvgIpc) is 3.11. The van der Waals surface area contributed by atoms with E-state index in [2.05, 4.69) is 15.5 Å². The Labute approximate surface area is 119 Å². The summed E-state index contributed by atoms with van der Waals surface area (Å²) in [5.74, 6) is -0.651. The average molecular weight is 295 g/mol. The summed E-state index contributed by atoms with van der Waals surface area (Å²) in [5.41, 5.74) is 7.43. The zero-order valence-electron chi connectivity index (χ0n) is 10.4. The normalized spacial score (nSPS) is 14.3. The number of aromatic nitrogens is 2. The SMILES string of the molecule is Nc1c(C(=O)Nc2cc(F)cc(Cl)c2)n[nH]c1C1CC1. The lowest BCUT2D eigenvalue weighted by Crippen LogP contribution is -2.14. The zero-order valence-corrected chi connectivity index (χ0v) is 11.2. The predicted molar refractivity (Wildman–Crippen MR) is 74.3 cm³/mol. The molecule has 0 radical (unpaired) electrons. The van der Waals surface area contributed by atoms with Gasteiger partial charge in [0.1, 0.15) is 5.82 Å². The lowest BCUT2D eigenvalue weighted by Gasteiger charge is -2.05. The number of rotatable bonds is 3. The number of halogens is 2. The molecule has 0 unspecified atom stereocenters. The number of hydrogen-bond acceptors (Lipinski definition) is 3. The smallest absolute Gasteiger partial charge is 0.278 e. The molecule has 0 atom stereocenters. The molecular weight excluding hydrogens is 283 g/mol. The van der Waals surface area contributed by atoms with Crippen LogP contribution in [-0.4, -0.2) is 16.1 Å². The minimum absolute atomic E-state index is 0.118. The maximum Gasteiger partial charge on any atom is 0.278 e. The van der Waals surface area contributed by atoms with Crippen molar-refractivity contribution in [1.82, 2.24) is 10.2 Å². The first-order valence-electron chi connectivity index (χ1n) is 6.16. The summed E-state index contributed by atoms with van der Waals surface area (Å²) >= 11 is 5.73. The third-order valence-corrected chi connectivity index (χ3v) is 3.37. The number of benzene rings is 1. The van der Waals surface area contributed by atoms with Crippen molar-refractivity contribution in [1.29, 1.82) is 0 Å². The number of nitrogens with zero attached hydrogens (tertiary/aromatic N) is 1. The molecule has 1 aliphatic carbocycles. The van der Waals surface area contributed by atoms with Gasteiger partial charge in [0.25, 0.3) is 5.91 Å². The molecule has 0 saturated heterocycles. The Morgan fingerprint density at radius 1 is 1.45 bits per heavy atom. The van der Waals surface area contributed by atoms with Crippen molar-refractivity contribution in [3.05, 3.63) is 40.4 Å². The van der Waals surface area contributed by atoms with E-state index in [1.807, 2.05) is 0 Å². The van der Waals surface area contributed by atoms with Gasteiger partial charge in [0.05, 0.1) is 11.4 Å². The molecule has 3 rings (SSSR count). The fraction of sp³-hybridized carbons (Fsp3) is 0.231. The van der Waals surface area contributed by atoms with E-state index in [1.165, 1.54) is 12.1 Å². The molecule has 20 heavy (non-hydrogen) atoms. The molecule has 1 aliphatic rings. The first-order chi connectivity index (χ1) is 9.54. The monoisotopic (exact) mass is 294 g/mol. The van der Waals surface area contributed by atoms with Crippen LogP contribution < -0.4 is 11.1 Å². The van der Waals surface area contributed by atoms with Gasteiger partial charge in [-0.05, 0) is 31.0 Å². The third kappa shape index (κ3) is 2.46. The van der Waals surface area contributed by atoms with Gasteiger partial charge in [-0.2, -0.15) is 5.10 Å². The summed E-state index contributed by atoms with van der Waals surface area (Å²) in [6.07, 6.45) is 2.10. The van der Waals surface area contributed by atoms with Gasteiger partial charge in [0.2, 0.25) is 0 Å². The molecule has 1 amide bonds. The summed E-state index contributed by atoms with van der Waals surface area (Å²) in [5, 5.41) is 9.45. The summed E-state index contributed by atoms with van der Waals surface area (Å²) < 4.78 is 13.2. The van der Waals surface area contributed by atoms with Crippen molar-refractivity contribution in [2.75, 3.05) is 11.1 Å². The van der Waals surface area contributed by atoms with Crippen LogP contribution in [0, 0.1) is 5.82 Å². The lowest BCUT2D eigenvalue weighted by molar-refractivity contribution is 0.102. The van der Waals surface area contributed by atoms with Crippen LogP contribution in [0.15, 0.2) is 18.2 Å². The van der Waals surface area contributed by atoms with E-state index >= 15 is 0 Å². The molecule has 4 N–H and O–H groups in total. The first-order valence-corrected chi connectivity index (χ1v) is 6.53. The van der Waals surface area contributed by atoms with Crippen molar-refractivity contribution >= 4 is 28.9 Å². The number of nitrogens with two attached hydrogens (primary N) is 1. The number of nitrogens with one attached hydrogen (secondary N) is 2. The summed E-state index contributed by atoms with van der Waals surface area (Å²) in [6, 6.07) is 3.78. The Morgan fingerprint density at radius 3 is 2.85 bits per heavy atom. The number of nitrogen functional groups attached to an aromatic ring is 1. The maximum atomic E-state index is 13.2. The molecular formula is C13H12ClFN4O. The number of carbonyl (C=O) groups is 1. The van der Waals surface area contributed by atoms with Crippen molar-refractivity contribution in [2.45, 2.75) is 18.8 Å². The van der Waals surface area contributed by atoms with E-state index < -0.39 is 11.7 Å². The predicted octanol–water partition coefficient (Wildman–Crippen LogP) is 2.91. The minimum Gasteiger partial charge on any atom is -0.395 e. The number of H-pyrrole nitrogens is 1. The molecule has 1 aromatic carbocycles. The van der Waals surface area contributed by atoms with E-state index in [0.29, 0.717) is 11.6 Å². The van der Waals surface area contributed by atoms with Crippen LogP contribution >= 0.6 is 11.6 Å². The van der Waals surface area contributed by atoms with Crippen molar-refractivity contribution in [3.8, 4) is 0 Å². The number of hydrogen-bond donors (Lipinski definition) is 3. The number of amides is 1. The van der Waals surface area contributed by atoms with Crippen molar-refractivity contribution in [2.24, 2.45) is 0 Å². The van der Waals surface area contributed by atoms with E-state index in [1.54, 1.807) is 0 Å². The third-order valence-electron chi connectivity index (χ3n) is 3.15. The molecule has 0 bridgehead atoms. The number of aromatic amines is 1. The standard InChI is InChI=1S/C13H12ClFN4O/c14-7-3-8(15)5-9(4-7)17-13(20)12-10(16)11(18-19-12)6-1-2-6/h3-6H,1-2,16H2,(H,17,20)(H,18,19). The van der Waals surface area contributed by atoms with Crippen LogP contribution in [0.1, 0.15) is 34.9 Å². The first kappa shape index (κ1) is 12.9. The molecule has 0 spiro atoms. The fourth-order valence-corrected chi connectivity index (χ4v) is 2.26. The van der Waals surface area contributed by atoms with Crippen LogP contribution in [-0.2, 0) is 0 Å². The van der Waals surface area contributed by atoms with Crippen molar-refractivity contribution < 1.29 is 9.18 Å². The quantitative estimate of drug-likeness (QED) is 0.814. The number of anilines is 2. The summed E-state index contributed by atoms with van der Waals surface area (Å²) in [4.78, 5) is 12.1. The van der Waals surface area contributed by atoms with Gasteiger partial charge in [-0.3, -0.25) is 9.89 Å². The van der Waals surface area contributed by atoms with E-state index in [9.17, 15) is 9.18 Å². The highest BCUT2D eigenvalue weighted by Crippen LogP contribution is 2.42. The van der Waals surface area contributed by atoms with Gasteiger partial charge in [-0.15, -0.1) is 0 Å². The molecule has 7 heteroatoms. The second-order valence-electron chi connectivity index (χ2n) is 4.79. The molecule has 5 nitrogen and oxygen atoms in total. The second-order valence-corrected chi connectivity index (χ2v) is 5.22. The Hall–Kier alpha value is -2.08. The highest BCUT2D eigenvalue weighted by molar-refractivity contribution is 6.31. The molecule has 1 fully saturated rings. The fourth-order valence-electron chi connectivity index (χ4n) is 2.04. The molecule has 104 valence electrons. The second kappa shape index (κ2) is 4.79. The van der Waals surface area contributed by atoms with Gasteiger partial charge >= 0.3 is 0 Å². The van der Waals surface area contributed by atoms with Crippen LogP contribution in [0.2, 0.25) is 5.02 Å². The van der Waals surface area contributed by atoms with Gasteiger partial charge in [-0.1, -0.05) is 11.6 Å². The van der Waals surface area contributed by atoms with Crippen LogP contribution in [0.5, 0.6) is 0 Å². The van der Waals surface area contributed by atoms with Crippen LogP contribution in [0.3, 0.4) is 0 Å². The molecule has 1 heterocycles. The Kier molecular flexibility index (Phi) is 3.10. The van der Waals surface area contributed by atoms with Gasteiger partial charge in [0, 0.05) is 16.6 Å².